The quantitative estimate of drug-likeness (QED) is 0.807. The molecule has 98 valence electrons. The molecule has 0 aliphatic carbocycles. The van der Waals surface area contributed by atoms with Gasteiger partial charge in [0.2, 0.25) is 5.91 Å². The average molecular weight is 257 g/mol. The SMILES string of the molecule is CCC1CCSC(NC(C)C(=O)NC(C)C)=N1. The van der Waals surface area contributed by atoms with Crippen molar-refractivity contribution < 1.29 is 4.79 Å². The molecule has 1 aliphatic rings. The van der Waals surface area contributed by atoms with Crippen molar-refractivity contribution in [1.29, 1.82) is 0 Å². The molecule has 0 aromatic heterocycles. The van der Waals surface area contributed by atoms with Crippen molar-refractivity contribution >= 4 is 22.8 Å². The van der Waals surface area contributed by atoms with Crippen LogP contribution in [0, 0.1) is 0 Å². The minimum Gasteiger partial charge on any atom is -0.353 e. The Hall–Kier alpha value is -0.710. The molecule has 0 aromatic rings. The predicted octanol–water partition coefficient (Wildman–Crippen LogP) is 1.76. The van der Waals surface area contributed by atoms with E-state index in [9.17, 15) is 4.79 Å². The Labute approximate surface area is 108 Å². The maximum absolute atomic E-state index is 11.7. The van der Waals surface area contributed by atoms with Crippen molar-refractivity contribution in [2.75, 3.05) is 5.75 Å². The zero-order chi connectivity index (χ0) is 12.8. The van der Waals surface area contributed by atoms with Gasteiger partial charge in [-0.05, 0) is 33.6 Å². The Balaban J connectivity index is 2.47. The summed E-state index contributed by atoms with van der Waals surface area (Å²) in [6.45, 7) is 7.95. The Morgan fingerprint density at radius 2 is 2.24 bits per heavy atom. The third-order valence-electron chi connectivity index (χ3n) is 2.63. The van der Waals surface area contributed by atoms with E-state index in [0.717, 1.165) is 23.8 Å². The lowest BCUT2D eigenvalue weighted by molar-refractivity contribution is -0.122. The number of rotatable bonds is 4. The molecule has 0 spiro atoms. The fraction of sp³-hybridized carbons (Fsp3) is 0.833. The van der Waals surface area contributed by atoms with E-state index in [1.54, 1.807) is 11.8 Å². The molecule has 0 bridgehead atoms. The third-order valence-corrected chi connectivity index (χ3v) is 3.56. The number of hydrogen-bond donors (Lipinski definition) is 2. The molecule has 2 atom stereocenters. The van der Waals surface area contributed by atoms with Gasteiger partial charge in [-0.25, -0.2) is 0 Å². The van der Waals surface area contributed by atoms with Crippen LogP contribution in [-0.4, -0.2) is 35.0 Å². The Morgan fingerprint density at radius 3 is 2.82 bits per heavy atom. The van der Waals surface area contributed by atoms with Gasteiger partial charge in [0, 0.05) is 11.8 Å². The topological polar surface area (TPSA) is 53.5 Å². The first-order valence-corrected chi connectivity index (χ1v) is 7.29. The Kier molecular flexibility index (Phi) is 5.82. The summed E-state index contributed by atoms with van der Waals surface area (Å²) < 4.78 is 0. The van der Waals surface area contributed by atoms with E-state index in [-0.39, 0.29) is 18.0 Å². The number of amides is 1. The Morgan fingerprint density at radius 1 is 1.53 bits per heavy atom. The maximum Gasteiger partial charge on any atom is 0.242 e. The highest BCUT2D eigenvalue weighted by molar-refractivity contribution is 8.13. The van der Waals surface area contributed by atoms with Crippen LogP contribution < -0.4 is 10.6 Å². The lowest BCUT2D eigenvalue weighted by Gasteiger charge is -2.22. The lowest BCUT2D eigenvalue weighted by atomic mass is 10.2. The largest absolute Gasteiger partial charge is 0.353 e. The van der Waals surface area contributed by atoms with Crippen molar-refractivity contribution in [2.24, 2.45) is 4.99 Å². The van der Waals surface area contributed by atoms with E-state index >= 15 is 0 Å². The van der Waals surface area contributed by atoms with Crippen molar-refractivity contribution in [3.63, 3.8) is 0 Å². The zero-order valence-corrected chi connectivity index (χ0v) is 11.9. The monoisotopic (exact) mass is 257 g/mol. The summed E-state index contributed by atoms with van der Waals surface area (Å²) in [5.41, 5.74) is 0. The van der Waals surface area contributed by atoms with Crippen LogP contribution in [0.2, 0.25) is 0 Å². The van der Waals surface area contributed by atoms with Gasteiger partial charge in [-0.3, -0.25) is 9.79 Å². The van der Waals surface area contributed by atoms with Crippen molar-refractivity contribution in [1.82, 2.24) is 10.6 Å². The van der Waals surface area contributed by atoms with Gasteiger partial charge in [0.25, 0.3) is 0 Å². The highest BCUT2D eigenvalue weighted by atomic mass is 32.2. The molecule has 1 rings (SSSR count). The molecule has 1 amide bonds. The first-order chi connectivity index (χ1) is 8.02. The number of aliphatic imine (C=N–C) groups is 1. The normalized spacial score (nSPS) is 21.9. The summed E-state index contributed by atoms with van der Waals surface area (Å²) in [6.07, 6.45) is 2.21. The van der Waals surface area contributed by atoms with E-state index in [1.807, 2.05) is 20.8 Å². The molecular formula is C12H23N3OS. The first kappa shape index (κ1) is 14.4. The summed E-state index contributed by atoms with van der Waals surface area (Å²) in [5.74, 6) is 1.12. The smallest absolute Gasteiger partial charge is 0.242 e. The molecule has 0 fully saturated rings. The number of nitrogens with zero attached hydrogens (tertiary/aromatic N) is 1. The van der Waals surface area contributed by atoms with Crippen molar-refractivity contribution in [2.45, 2.75) is 58.7 Å². The van der Waals surface area contributed by atoms with Crippen molar-refractivity contribution in [3.8, 4) is 0 Å². The number of nitrogens with one attached hydrogen (secondary N) is 2. The molecule has 0 radical (unpaired) electrons. The van der Waals surface area contributed by atoms with E-state index < -0.39 is 0 Å². The van der Waals surface area contributed by atoms with Gasteiger partial charge in [-0.1, -0.05) is 18.7 Å². The van der Waals surface area contributed by atoms with Gasteiger partial charge in [-0.15, -0.1) is 0 Å². The molecule has 17 heavy (non-hydrogen) atoms. The lowest BCUT2D eigenvalue weighted by Crippen LogP contribution is -2.46. The molecule has 5 heteroatoms. The highest BCUT2D eigenvalue weighted by Crippen LogP contribution is 2.18. The van der Waals surface area contributed by atoms with Crippen LogP contribution in [0.3, 0.4) is 0 Å². The van der Waals surface area contributed by atoms with E-state index in [1.165, 1.54) is 0 Å². The minimum atomic E-state index is -0.223. The van der Waals surface area contributed by atoms with Crippen LogP contribution in [-0.2, 0) is 4.79 Å². The second kappa shape index (κ2) is 6.89. The summed E-state index contributed by atoms with van der Waals surface area (Å²) in [7, 11) is 0. The number of carbonyl (C=O) groups excluding carboxylic acids is 1. The number of amidine groups is 1. The molecule has 0 aromatic carbocycles. The molecular weight excluding hydrogens is 234 g/mol. The van der Waals surface area contributed by atoms with E-state index in [0.29, 0.717) is 6.04 Å². The fourth-order valence-corrected chi connectivity index (χ4v) is 2.66. The summed E-state index contributed by atoms with van der Waals surface area (Å²) in [5, 5.41) is 6.99. The molecule has 0 saturated heterocycles. The number of thioether (sulfide) groups is 1. The fourth-order valence-electron chi connectivity index (χ4n) is 1.59. The van der Waals surface area contributed by atoms with Gasteiger partial charge < -0.3 is 10.6 Å². The minimum absolute atomic E-state index is 0.0296. The highest BCUT2D eigenvalue weighted by Gasteiger charge is 2.19. The molecule has 4 nitrogen and oxygen atoms in total. The second-order valence-corrected chi connectivity index (χ2v) is 5.75. The van der Waals surface area contributed by atoms with Gasteiger partial charge in [-0.2, -0.15) is 0 Å². The second-order valence-electron chi connectivity index (χ2n) is 4.66. The zero-order valence-electron chi connectivity index (χ0n) is 11.1. The van der Waals surface area contributed by atoms with E-state index in [4.69, 9.17) is 0 Å². The standard InChI is InChI=1S/C12H23N3OS/c1-5-10-6-7-17-12(15-10)14-9(4)11(16)13-8(2)3/h8-10H,5-7H2,1-4H3,(H,13,16)(H,14,15). The summed E-state index contributed by atoms with van der Waals surface area (Å²) >= 11 is 1.71. The molecule has 0 saturated carbocycles. The molecule has 1 aliphatic heterocycles. The molecule has 2 unspecified atom stereocenters. The predicted molar refractivity (Wildman–Crippen MR) is 74.5 cm³/mol. The van der Waals surface area contributed by atoms with Gasteiger partial charge in [0.1, 0.15) is 6.04 Å². The van der Waals surface area contributed by atoms with Gasteiger partial charge in [0.15, 0.2) is 5.17 Å². The van der Waals surface area contributed by atoms with Crippen LogP contribution in [0.1, 0.15) is 40.5 Å². The van der Waals surface area contributed by atoms with E-state index in [2.05, 4.69) is 22.5 Å². The van der Waals surface area contributed by atoms with Crippen LogP contribution >= 0.6 is 11.8 Å². The Bertz CT molecular complexity index is 291. The molecule has 1 heterocycles. The third kappa shape index (κ3) is 4.98. The summed E-state index contributed by atoms with van der Waals surface area (Å²) in [4.78, 5) is 16.3. The van der Waals surface area contributed by atoms with Gasteiger partial charge in [0.05, 0.1) is 6.04 Å². The number of carbonyl (C=O) groups is 1. The van der Waals surface area contributed by atoms with Crippen LogP contribution in [0.4, 0.5) is 0 Å². The van der Waals surface area contributed by atoms with Gasteiger partial charge >= 0.3 is 0 Å². The van der Waals surface area contributed by atoms with Crippen LogP contribution in [0.5, 0.6) is 0 Å². The summed E-state index contributed by atoms with van der Waals surface area (Å²) in [6, 6.07) is 0.370. The van der Waals surface area contributed by atoms with Crippen LogP contribution in [0.15, 0.2) is 4.99 Å². The van der Waals surface area contributed by atoms with Crippen molar-refractivity contribution in [3.05, 3.63) is 0 Å². The molecule has 2 N–H and O–H groups in total. The average Bonchev–Trinajstić information content (AvgIpc) is 2.28. The first-order valence-electron chi connectivity index (χ1n) is 6.30. The maximum atomic E-state index is 11.7. The number of hydrogen-bond acceptors (Lipinski definition) is 4. The van der Waals surface area contributed by atoms with Crippen LogP contribution in [0.25, 0.3) is 0 Å².